The maximum Gasteiger partial charge on any atom is 0.193 e. The number of rotatable bonds is 6. The van der Waals surface area contributed by atoms with Crippen molar-refractivity contribution in [3.63, 3.8) is 0 Å². The number of para-hydroxylation sites is 1. The lowest BCUT2D eigenvalue weighted by Gasteiger charge is -2.49. The van der Waals surface area contributed by atoms with Gasteiger partial charge in [-0.1, -0.05) is 38.5 Å². The monoisotopic (exact) mass is 385 g/mol. The first-order valence-corrected chi connectivity index (χ1v) is 11.2. The Morgan fingerprint density at radius 3 is 2.21 bits per heavy atom. The Kier molecular flexibility index (Phi) is 7.36. The van der Waals surface area contributed by atoms with E-state index in [1.165, 1.54) is 56.3 Å². The molecule has 0 spiro atoms. The molecule has 2 aliphatic heterocycles. The molecule has 1 aromatic rings. The quantitative estimate of drug-likeness (QED) is 0.581. The van der Waals surface area contributed by atoms with E-state index in [-0.39, 0.29) is 5.54 Å². The molecule has 2 saturated heterocycles. The molecule has 1 aromatic carbocycles. The summed E-state index contributed by atoms with van der Waals surface area (Å²) < 4.78 is 0. The number of hydrogen-bond acceptors (Lipinski definition) is 3. The summed E-state index contributed by atoms with van der Waals surface area (Å²) in [6.45, 7) is 9.91. The molecular weight excluding hydrogens is 346 g/mol. The summed E-state index contributed by atoms with van der Waals surface area (Å²) in [5.41, 5.74) is 10.3. The maximum absolute atomic E-state index is 6.40. The Labute approximate surface area is 171 Å². The first-order valence-electron chi connectivity index (χ1n) is 11.2. The van der Waals surface area contributed by atoms with Gasteiger partial charge in [0.15, 0.2) is 5.96 Å². The van der Waals surface area contributed by atoms with Gasteiger partial charge in [-0.15, -0.1) is 0 Å². The van der Waals surface area contributed by atoms with Crippen LogP contribution in [0.25, 0.3) is 0 Å². The largest absolute Gasteiger partial charge is 0.370 e. The van der Waals surface area contributed by atoms with Crippen molar-refractivity contribution in [2.24, 2.45) is 10.7 Å². The van der Waals surface area contributed by atoms with Crippen molar-refractivity contribution in [2.75, 3.05) is 45.1 Å². The number of likely N-dealkylation sites (tertiary alicyclic amines) is 2. The fourth-order valence-electron chi connectivity index (χ4n) is 4.78. The third-order valence-electron chi connectivity index (χ3n) is 6.74. The van der Waals surface area contributed by atoms with E-state index in [4.69, 9.17) is 10.7 Å². The van der Waals surface area contributed by atoms with Crippen LogP contribution >= 0.6 is 0 Å². The number of anilines is 1. The average Bonchev–Trinajstić information content (AvgIpc) is 2.74. The highest BCUT2D eigenvalue weighted by atomic mass is 15.3. The summed E-state index contributed by atoms with van der Waals surface area (Å²) in [4.78, 5) is 10.1. The van der Waals surface area contributed by atoms with Crippen LogP contribution in [-0.4, -0.2) is 61.1 Å². The van der Waals surface area contributed by atoms with Crippen LogP contribution in [0.2, 0.25) is 0 Å². The van der Waals surface area contributed by atoms with E-state index in [1.807, 2.05) is 0 Å². The van der Waals surface area contributed by atoms with Gasteiger partial charge >= 0.3 is 0 Å². The lowest BCUT2D eigenvalue weighted by molar-refractivity contribution is 0.0209. The third-order valence-corrected chi connectivity index (χ3v) is 6.74. The number of nitrogens with one attached hydrogen (secondary N) is 1. The summed E-state index contributed by atoms with van der Waals surface area (Å²) in [6, 6.07) is 6.50. The molecule has 0 bridgehead atoms. The fourth-order valence-corrected chi connectivity index (χ4v) is 4.78. The van der Waals surface area contributed by atoms with Gasteiger partial charge in [0, 0.05) is 11.2 Å². The SMILES string of the molecule is CCc1cccc(CC)c1NC(N)=NCC1(N2CCCCC2)CCN(C)CC1. The molecule has 28 heavy (non-hydrogen) atoms. The van der Waals surface area contributed by atoms with Crippen molar-refractivity contribution in [3.05, 3.63) is 29.3 Å². The van der Waals surface area contributed by atoms with Gasteiger partial charge in [0.2, 0.25) is 0 Å². The Hall–Kier alpha value is -1.59. The normalized spacial score (nSPS) is 21.6. The molecule has 0 aromatic heterocycles. The van der Waals surface area contributed by atoms with Crippen molar-refractivity contribution < 1.29 is 0 Å². The summed E-state index contributed by atoms with van der Waals surface area (Å²) in [7, 11) is 2.23. The number of piperidine rings is 2. The number of nitrogens with zero attached hydrogens (tertiary/aromatic N) is 3. The van der Waals surface area contributed by atoms with E-state index in [2.05, 4.69) is 54.2 Å². The number of aliphatic imine (C=N–C) groups is 1. The van der Waals surface area contributed by atoms with E-state index in [0.29, 0.717) is 5.96 Å². The van der Waals surface area contributed by atoms with Gasteiger partial charge in [0.05, 0.1) is 6.54 Å². The third kappa shape index (κ3) is 4.87. The van der Waals surface area contributed by atoms with Gasteiger partial charge in [0.1, 0.15) is 0 Å². The first-order chi connectivity index (χ1) is 13.6. The van der Waals surface area contributed by atoms with E-state index >= 15 is 0 Å². The first kappa shape index (κ1) is 21.1. The predicted octanol–water partition coefficient (Wildman–Crippen LogP) is 3.49. The minimum absolute atomic E-state index is 0.178. The van der Waals surface area contributed by atoms with Crippen molar-refractivity contribution in [1.29, 1.82) is 0 Å². The van der Waals surface area contributed by atoms with Gasteiger partial charge in [-0.2, -0.15) is 0 Å². The zero-order valence-electron chi connectivity index (χ0n) is 18.1. The minimum Gasteiger partial charge on any atom is -0.370 e. The Morgan fingerprint density at radius 1 is 1.04 bits per heavy atom. The van der Waals surface area contributed by atoms with E-state index in [1.54, 1.807) is 0 Å². The van der Waals surface area contributed by atoms with Crippen LogP contribution in [0.3, 0.4) is 0 Å². The molecule has 0 unspecified atom stereocenters. The summed E-state index contributed by atoms with van der Waals surface area (Å²) in [5, 5.41) is 3.45. The lowest BCUT2D eigenvalue weighted by Crippen LogP contribution is -2.58. The Bertz CT molecular complexity index is 633. The van der Waals surface area contributed by atoms with Crippen LogP contribution in [0, 0.1) is 0 Å². The van der Waals surface area contributed by atoms with E-state index in [0.717, 1.165) is 38.2 Å². The Balaban J connectivity index is 1.75. The second-order valence-electron chi connectivity index (χ2n) is 8.56. The van der Waals surface area contributed by atoms with Crippen molar-refractivity contribution in [1.82, 2.24) is 9.80 Å². The molecule has 0 atom stereocenters. The summed E-state index contributed by atoms with van der Waals surface area (Å²) in [6.07, 6.45) is 8.36. The molecule has 156 valence electrons. The van der Waals surface area contributed by atoms with Gasteiger partial charge < -0.3 is 16.0 Å². The summed E-state index contributed by atoms with van der Waals surface area (Å²) >= 11 is 0. The molecule has 0 saturated carbocycles. The average molecular weight is 386 g/mol. The minimum atomic E-state index is 0.178. The number of guanidine groups is 1. The van der Waals surface area contributed by atoms with Gasteiger partial charge in [-0.3, -0.25) is 9.89 Å². The van der Waals surface area contributed by atoms with Crippen LogP contribution in [0.5, 0.6) is 0 Å². The van der Waals surface area contributed by atoms with E-state index < -0.39 is 0 Å². The van der Waals surface area contributed by atoms with Crippen molar-refractivity contribution >= 4 is 11.6 Å². The summed E-state index contributed by atoms with van der Waals surface area (Å²) in [5.74, 6) is 0.561. The van der Waals surface area contributed by atoms with Gasteiger partial charge in [-0.25, -0.2) is 0 Å². The van der Waals surface area contributed by atoms with Crippen molar-refractivity contribution in [2.45, 2.75) is 64.3 Å². The number of nitrogens with two attached hydrogens (primary N) is 1. The number of aryl methyl sites for hydroxylation is 2. The molecule has 0 radical (unpaired) electrons. The fraction of sp³-hybridized carbons (Fsp3) is 0.696. The molecule has 3 N–H and O–H groups in total. The molecule has 5 nitrogen and oxygen atoms in total. The van der Waals surface area contributed by atoms with Crippen LogP contribution in [0.1, 0.15) is 57.1 Å². The smallest absolute Gasteiger partial charge is 0.193 e. The van der Waals surface area contributed by atoms with Crippen LogP contribution in [0.4, 0.5) is 5.69 Å². The van der Waals surface area contributed by atoms with E-state index in [9.17, 15) is 0 Å². The molecule has 2 heterocycles. The molecule has 3 rings (SSSR count). The lowest BCUT2D eigenvalue weighted by atomic mass is 9.84. The number of benzene rings is 1. The molecule has 5 heteroatoms. The van der Waals surface area contributed by atoms with Crippen LogP contribution in [0.15, 0.2) is 23.2 Å². The van der Waals surface area contributed by atoms with Gasteiger partial charge in [0.25, 0.3) is 0 Å². The second kappa shape index (κ2) is 9.75. The molecule has 2 aliphatic rings. The highest BCUT2D eigenvalue weighted by molar-refractivity contribution is 5.93. The van der Waals surface area contributed by atoms with Crippen LogP contribution in [-0.2, 0) is 12.8 Å². The maximum atomic E-state index is 6.40. The molecule has 0 aliphatic carbocycles. The molecule has 0 amide bonds. The van der Waals surface area contributed by atoms with Crippen LogP contribution < -0.4 is 11.1 Å². The number of hydrogen-bond donors (Lipinski definition) is 2. The standard InChI is InChI=1S/C23H39N5/c1-4-19-10-9-11-20(5-2)21(19)26-22(24)25-18-23(12-16-27(3)17-13-23)28-14-7-6-8-15-28/h9-11H,4-8,12-18H2,1-3H3,(H3,24,25,26). The van der Waals surface area contributed by atoms with Crippen molar-refractivity contribution in [3.8, 4) is 0 Å². The zero-order chi connectivity index (χ0) is 20.0. The molecule has 2 fully saturated rings. The molecular formula is C23H39N5. The second-order valence-corrected chi connectivity index (χ2v) is 8.56. The zero-order valence-corrected chi connectivity index (χ0v) is 18.1. The highest BCUT2D eigenvalue weighted by Gasteiger charge is 2.39. The topological polar surface area (TPSA) is 56.9 Å². The predicted molar refractivity (Wildman–Crippen MR) is 120 cm³/mol. The highest BCUT2D eigenvalue weighted by Crippen LogP contribution is 2.32. The Morgan fingerprint density at radius 2 is 1.64 bits per heavy atom. The van der Waals surface area contributed by atoms with Gasteiger partial charge in [-0.05, 0) is 82.9 Å².